The van der Waals surface area contributed by atoms with Crippen molar-refractivity contribution in [1.29, 1.82) is 0 Å². The second kappa shape index (κ2) is 10.5. The molecule has 31 heavy (non-hydrogen) atoms. The van der Waals surface area contributed by atoms with E-state index in [1.54, 1.807) is 18.2 Å². The van der Waals surface area contributed by atoms with Gasteiger partial charge in [0.05, 0.1) is 24.2 Å². The van der Waals surface area contributed by atoms with Gasteiger partial charge in [-0.2, -0.15) is 0 Å². The fourth-order valence-corrected chi connectivity index (χ4v) is 3.21. The van der Waals surface area contributed by atoms with Crippen LogP contribution in [0.15, 0.2) is 42.5 Å². The molecule has 8 nitrogen and oxygen atoms in total. The van der Waals surface area contributed by atoms with Crippen molar-refractivity contribution in [3.8, 4) is 11.5 Å². The number of anilines is 1. The number of nitrogens with one attached hydrogen (secondary N) is 3. The fraction of sp³-hybridized carbons (Fsp3) is 0.348. The summed E-state index contributed by atoms with van der Waals surface area (Å²) in [6.07, 6.45) is 1.22. The Kier molecular flexibility index (Phi) is 7.48. The van der Waals surface area contributed by atoms with Crippen LogP contribution in [0, 0.1) is 0 Å². The Morgan fingerprint density at radius 1 is 1.03 bits per heavy atom. The van der Waals surface area contributed by atoms with Gasteiger partial charge in [-0.25, -0.2) is 4.98 Å². The highest BCUT2D eigenvalue weighted by Crippen LogP contribution is 2.28. The maximum atomic E-state index is 12.8. The maximum absolute atomic E-state index is 12.8. The molecule has 0 saturated carbocycles. The molecule has 3 aromatic rings. The zero-order chi connectivity index (χ0) is 22.2. The number of rotatable bonds is 10. The van der Waals surface area contributed by atoms with Gasteiger partial charge in [-0.05, 0) is 50.6 Å². The summed E-state index contributed by atoms with van der Waals surface area (Å²) in [5, 5.41) is 5.59. The number of carbonyl (C=O) groups is 2. The molecular formula is C23H28N4O4. The van der Waals surface area contributed by atoms with Crippen LogP contribution in [-0.4, -0.2) is 41.0 Å². The van der Waals surface area contributed by atoms with E-state index in [4.69, 9.17) is 9.47 Å². The van der Waals surface area contributed by atoms with Gasteiger partial charge >= 0.3 is 0 Å². The molecule has 1 aromatic heterocycles. The number of carbonyl (C=O) groups excluding carboxylic acids is 2. The minimum absolute atomic E-state index is 0.328. The molecule has 0 radical (unpaired) electrons. The van der Waals surface area contributed by atoms with Gasteiger partial charge in [-0.1, -0.05) is 25.5 Å². The van der Waals surface area contributed by atoms with Crippen molar-refractivity contribution in [3.63, 3.8) is 0 Å². The molecule has 1 heterocycles. The quantitative estimate of drug-likeness (QED) is 0.458. The molecule has 3 N–H and O–H groups in total. The molecule has 0 aliphatic carbocycles. The first kappa shape index (κ1) is 22.1. The van der Waals surface area contributed by atoms with Gasteiger partial charge in [0.2, 0.25) is 11.9 Å². The predicted octanol–water partition coefficient (Wildman–Crippen LogP) is 3.90. The number of nitrogens with zero attached hydrogens (tertiary/aromatic N) is 1. The van der Waals surface area contributed by atoms with E-state index in [1.165, 1.54) is 0 Å². The van der Waals surface area contributed by atoms with Crippen molar-refractivity contribution in [2.75, 3.05) is 18.5 Å². The molecule has 0 aliphatic rings. The Hall–Kier alpha value is -3.55. The zero-order valence-corrected chi connectivity index (χ0v) is 18.0. The second-order valence-electron chi connectivity index (χ2n) is 6.93. The molecule has 2 amide bonds. The lowest BCUT2D eigenvalue weighted by Crippen LogP contribution is -2.43. The minimum Gasteiger partial charge on any atom is -0.490 e. The summed E-state index contributed by atoms with van der Waals surface area (Å²) in [7, 11) is 0. The fourth-order valence-electron chi connectivity index (χ4n) is 3.21. The normalized spacial score (nSPS) is 11.7. The third-order valence-electron chi connectivity index (χ3n) is 4.64. The van der Waals surface area contributed by atoms with Gasteiger partial charge in [0.1, 0.15) is 6.04 Å². The summed E-state index contributed by atoms with van der Waals surface area (Å²) in [5.74, 6) is 0.734. The number of benzene rings is 2. The number of amides is 2. The van der Waals surface area contributed by atoms with Crippen molar-refractivity contribution in [3.05, 3.63) is 48.0 Å². The molecule has 1 atom stereocenters. The highest BCUT2D eigenvalue weighted by molar-refractivity contribution is 6.01. The van der Waals surface area contributed by atoms with Crippen molar-refractivity contribution in [2.45, 2.75) is 39.7 Å². The number of ether oxygens (including phenoxy) is 2. The molecule has 0 spiro atoms. The minimum atomic E-state index is -0.701. The molecule has 0 saturated heterocycles. The maximum Gasteiger partial charge on any atom is 0.252 e. The van der Waals surface area contributed by atoms with Gasteiger partial charge in [-0.3, -0.25) is 14.9 Å². The van der Waals surface area contributed by atoms with Crippen LogP contribution in [0.3, 0.4) is 0 Å². The van der Waals surface area contributed by atoms with Crippen LogP contribution in [0.5, 0.6) is 11.5 Å². The van der Waals surface area contributed by atoms with Crippen molar-refractivity contribution < 1.29 is 19.1 Å². The van der Waals surface area contributed by atoms with Crippen LogP contribution in [-0.2, 0) is 4.79 Å². The monoisotopic (exact) mass is 424 g/mol. The molecule has 0 aliphatic heterocycles. The number of aromatic nitrogens is 2. The van der Waals surface area contributed by atoms with E-state index in [0.29, 0.717) is 42.6 Å². The third kappa shape index (κ3) is 5.53. The van der Waals surface area contributed by atoms with Gasteiger partial charge in [0.15, 0.2) is 11.5 Å². The number of hydrogen-bond donors (Lipinski definition) is 3. The lowest BCUT2D eigenvalue weighted by atomic mass is 10.1. The summed E-state index contributed by atoms with van der Waals surface area (Å²) in [6.45, 7) is 6.64. The number of fused-ring (bicyclic) bond motifs is 1. The highest BCUT2D eigenvalue weighted by atomic mass is 16.5. The van der Waals surface area contributed by atoms with Crippen LogP contribution in [0.4, 0.5) is 5.95 Å². The van der Waals surface area contributed by atoms with Gasteiger partial charge in [0.25, 0.3) is 5.91 Å². The average Bonchev–Trinajstić information content (AvgIpc) is 3.17. The van der Waals surface area contributed by atoms with E-state index < -0.39 is 6.04 Å². The van der Waals surface area contributed by atoms with Gasteiger partial charge in [-0.15, -0.1) is 0 Å². The molecule has 0 bridgehead atoms. The first-order valence-corrected chi connectivity index (χ1v) is 10.5. The highest BCUT2D eigenvalue weighted by Gasteiger charge is 2.22. The van der Waals surface area contributed by atoms with E-state index in [9.17, 15) is 9.59 Å². The van der Waals surface area contributed by atoms with Crippen LogP contribution in [0.1, 0.15) is 44.0 Å². The Morgan fingerprint density at radius 2 is 1.77 bits per heavy atom. The Bertz CT molecular complexity index is 1010. The van der Waals surface area contributed by atoms with E-state index >= 15 is 0 Å². The summed E-state index contributed by atoms with van der Waals surface area (Å²) in [6, 6.07) is 11.8. The van der Waals surface area contributed by atoms with Crippen LogP contribution < -0.4 is 20.1 Å². The van der Waals surface area contributed by atoms with E-state index in [-0.39, 0.29) is 11.8 Å². The van der Waals surface area contributed by atoms with Gasteiger partial charge < -0.3 is 19.8 Å². The standard InChI is InChI=1S/C23H28N4O4/c1-4-9-18(22(29)27-23-25-16-10-7-8-11-17(16)26-23)24-21(28)15-12-13-19(30-5-2)20(14-15)31-6-3/h7-8,10-14,18H,4-6,9H2,1-3H3,(H,24,28)(H2,25,26,27,29)/t18-/m0/s1. The van der Waals surface area contributed by atoms with Crippen LogP contribution in [0.25, 0.3) is 11.0 Å². The van der Waals surface area contributed by atoms with Crippen molar-refractivity contribution in [1.82, 2.24) is 15.3 Å². The number of aromatic amines is 1. The zero-order valence-electron chi connectivity index (χ0n) is 18.0. The molecule has 3 rings (SSSR count). The molecule has 8 heteroatoms. The first-order valence-electron chi connectivity index (χ1n) is 10.5. The number of para-hydroxylation sites is 2. The topological polar surface area (TPSA) is 105 Å². The third-order valence-corrected chi connectivity index (χ3v) is 4.64. The Balaban J connectivity index is 1.73. The molecule has 2 aromatic carbocycles. The number of hydrogen-bond acceptors (Lipinski definition) is 5. The first-order chi connectivity index (χ1) is 15.0. The van der Waals surface area contributed by atoms with Crippen LogP contribution >= 0.6 is 0 Å². The summed E-state index contributed by atoms with van der Waals surface area (Å²) >= 11 is 0. The SMILES string of the molecule is CCC[C@H](NC(=O)c1ccc(OCC)c(OCC)c1)C(=O)Nc1nc2ccccc2[nH]1. The average molecular weight is 425 g/mol. The summed E-state index contributed by atoms with van der Waals surface area (Å²) < 4.78 is 11.1. The largest absolute Gasteiger partial charge is 0.490 e. The number of H-pyrrole nitrogens is 1. The Labute approximate surface area is 181 Å². The summed E-state index contributed by atoms with van der Waals surface area (Å²) in [5.41, 5.74) is 1.97. The molecule has 164 valence electrons. The number of imidazole rings is 1. The molecule has 0 fully saturated rings. The van der Waals surface area contributed by atoms with Gasteiger partial charge in [0, 0.05) is 5.56 Å². The van der Waals surface area contributed by atoms with Crippen molar-refractivity contribution >= 4 is 28.8 Å². The predicted molar refractivity (Wildman–Crippen MR) is 120 cm³/mol. The summed E-state index contributed by atoms with van der Waals surface area (Å²) in [4.78, 5) is 33.1. The molecule has 0 unspecified atom stereocenters. The van der Waals surface area contributed by atoms with E-state index in [2.05, 4.69) is 20.6 Å². The van der Waals surface area contributed by atoms with E-state index in [0.717, 1.165) is 17.5 Å². The Morgan fingerprint density at radius 3 is 2.48 bits per heavy atom. The second-order valence-corrected chi connectivity index (χ2v) is 6.93. The van der Waals surface area contributed by atoms with Crippen molar-refractivity contribution in [2.24, 2.45) is 0 Å². The molecular weight excluding hydrogens is 396 g/mol. The lowest BCUT2D eigenvalue weighted by Gasteiger charge is -2.18. The van der Waals surface area contributed by atoms with Crippen LogP contribution in [0.2, 0.25) is 0 Å². The lowest BCUT2D eigenvalue weighted by molar-refractivity contribution is -0.118. The van der Waals surface area contributed by atoms with E-state index in [1.807, 2.05) is 45.0 Å². The smallest absolute Gasteiger partial charge is 0.252 e.